The maximum atomic E-state index is 11.7. The Balaban J connectivity index is 2.28. The molecule has 0 aliphatic heterocycles. The van der Waals surface area contributed by atoms with Crippen molar-refractivity contribution < 1.29 is 9.53 Å². The molecule has 7 heteroatoms. The molecular formula is C17H23N5O2. The largest absolute Gasteiger partial charge is 0.473 e. The van der Waals surface area contributed by atoms with Gasteiger partial charge in [0.25, 0.3) is 0 Å². The summed E-state index contributed by atoms with van der Waals surface area (Å²) in [6.45, 7) is 4.32. The van der Waals surface area contributed by atoms with E-state index >= 15 is 0 Å². The van der Waals surface area contributed by atoms with Crippen LogP contribution in [0.1, 0.15) is 30.7 Å². The number of nitrogens with two attached hydrogens (primary N) is 2. The highest BCUT2D eigenvalue weighted by Crippen LogP contribution is 2.25. The van der Waals surface area contributed by atoms with E-state index in [0.29, 0.717) is 11.6 Å². The first-order valence-electron chi connectivity index (χ1n) is 7.85. The van der Waals surface area contributed by atoms with Crippen LogP contribution in [-0.4, -0.2) is 11.0 Å². The quantitative estimate of drug-likeness (QED) is 0.427. The van der Waals surface area contributed by atoms with E-state index < -0.39 is 6.03 Å². The van der Waals surface area contributed by atoms with Crippen molar-refractivity contribution in [3.63, 3.8) is 0 Å². The highest BCUT2D eigenvalue weighted by Gasteiger charge is 2.17. The van der Waals surface area contributed by atoms with Crippen molar-refractivity contribution in [3.05, 3.63) is 53.2 Å². The fraction of sp³-hybridized carbons (Fsp3) is 0.294. The van der Waals surface area contributed by atoms with Crippen LogP contribution in [0.25, 0.3) is 0 Å². The summed E-state index contributed by atoms with van der Waals surface area (Å²) in [6, 6.07) is 10.6. The van der Waals surface area contributed by atoms with Gasteiger partial charge in [0.15, 0.2) is 0 Å². The molecule has 0 bridgehead atoms. The number of aryl methyl sites for hydroxylation is 2. The number of anilines is 1. The number of rotatable bonds is 6. The number of hydrogen-bond acceptors (Lipinski definition) is 5. The van der Waals surface area contributed by atoms with Crippen molar-refractivity contribution in [1.29, 1.82) is 0 Å². The van der Waals surface area contributed by atoms with Crippen molar-refractivity contribution >= 4 is 11.7 Å². The van der Waals surface area contributed by atoms with Gasteiger partial charge in [-0.3, -0.25) is 5.43 Å². The molecule has 2 rings (SSSR count). The second-order valence-corrected chi connectivity index (χ2v) is 5.20. The van der Waals surface area contributed by atoms with Crippen LogP contribution in [0.4, 0.5) is 10.5 Å². The average Bonchev–Trinajstić information content (AvgIpc) is 2.64. The zero-order valence-electron chi connectivity index (χ0n) is 14.0. The first-order valence-corrected chi connectivity index (χ1v) is 7.85. The second-order valence-electron chi connectivity index (χ2n) is 5.20. The molecule has 1 aromatic carbocycles. The highest BCUT2D eigenvalue weighted by atomic mass is 16.5. The van der Waals surface area contributed by atoms with Crippen molar-refractivity contribution in [3.8, 4) is 5.88 Å². The van der Waals surface area contributed by atoms with E-state index in [1.807, 2.05) is 43.5 Å². The maximum Gasteiger partial charge on any atom is 0.350 e. The number of carbonyl (C=O) groups excluding carboxylic acids is 1. The van der Waals surface area contributed by atoms with Gasteiger partial charge in [-0.2, -0.15) is 0 Å². The van der Waals surface area contributed by atoms with Crippen LogP contribution in [0.3, 0.4) is 0 Å². The third-order valence-electron chi connectivity index (χ3n) is 3.74. The zero-order chi connectivity index (χ0) is 17.5. The normalized spacial score (nSPS) is 10.3. The molecule has 0 fully saturated rings. The van der Waals surface area contributed by atoms with Crippen LogP contribution in [0.5, 0.6) is 5.88 Å². The Bertz CT molecular complexity index is 705. The molecule has 0 spiro atoms. The Kier molecular flexibility index (Phi) is 6.11. The van der Waals surface area contributed by atoms with E-state index in [-0.39, 0.29) is 6.61 Å². The summed E-state index contributed by atoms with van der Waals surface area (Å²) in [4.78, 5) is 16.2. The van der Waals surface area contributed by atoms with Crippen LogP contribution < -0.4 is 26.9 Å². The van der Waals surface area contributed by atoms with Gasteiger partial charge in [0.05, 0.1) is 5.69 Å². The van der Waals surface area contributed by atoms with Gasteiger partial charge in [-0.15, -0.1) is 0 Å². The molecule has 2 aromatic rings. The Morgan fingerprint density at radius 2 is 1.96 bits per heavy atom. The number of hydrazine groups is 2. The smallest absolute Gasteiger partial charge is 0.350 e. The standard InChI is InChI=1S/C17H23N5O2/c1-3-12-7-5-9-15(22(19)17(23)21-18)14(12)11-24-16-10-6-8-13(4-2)20-16/h5-10H,3-4,11,18-19H2,1-2H3,(H,21,23). The molecule has 1 heterocycles. The number of ether oxygens (including phenoxy) is 1. The maximum absolute atomic E-state index is 11.7. The van der Waals surface area contributed by atoms with Crippen molar-refractivity contribution in [2.24, 2.45) is 11.7 Å². The number of nitrogens with zero attached hydrogens (tertiary/aromatic N) is 2. The topological polar surface area (TPSA) is 106 Å². The number of nitrogens with one attached hydrogen (secondary N) is 1. The van der Waals surface area contributed by atoms with Crippen LogP contribution in [0.2, 0.25) is 0 Å². The molecule has 0 saturated heterocycles. The molecule has 5 N–H and O–H groups in total. The number of carbonyl (C=O) groups is 1. The van der Waals surface area contributed by atoms with Crippen LogP contribution in [0, 0.1) is 0 Å². The average molecular weight is 329 g/mol. The first kappa shape index (κ1) is 17.7. The number of aromatic nitrogens is 1. The Morgan fingerprint density at radius 1 is 1.21 bits per heavy atom. The number of amides is 2. The summed E-state index contributed by atoms with van der Waals surface area (Å²) in [5, 5.41) is 0.980. The molecule has 0 atom stereocenters. The Morgan fingerprint density at radius 3 is 2.62 bits per heavy atom. The van der Waals surface area contributed by atoms with E-state index in [4.69, 9.17) is 16.4 Å². The monoisotopic (exact) mass is 329 g/mol. The SMILES string of the molecule is CCc1cccc(OCc2c(CC)cccc2N(N)C(=O)NN)n1. The lowest BCUT2D eigenvalue weighted by atomic mass is 10.0. The number of benzene rings is 1. The molecule has 0 unspecified atom stereocenters. The fourth-order valence-electron chi connectivity index (χ4n) is 2.40. The minimum Gasteiger partial charge on any atom is -0.473 e. The zero-order valence-corrected chi connectivity index (χ0v) is 14.0. The van der Waals surface area contributed by atoms with Crippen molar-refractivity contribution in [2.45, 2.75) is 33.3 Å². The summed E-state index contributed by atoms with van der Waals surface area (Å²) < 4.78 is 5.82. The molecule has 0 aliphatic rings. The minimum atomic E-state index is -0.601. The predicted molar refractivity (Wildman–Crippen MR) is 93.2 cm³/mol. The van der Waals surface area contributed by atoms with Gasteiger partial charge in [-0.1, -0.05) is 32.0 Å². The van der Waals surface area contributed by atoms with E-state index in [9.17, 15) is 4.79 Å². The van der Waals surface area contributed by atoms with Crippen LogP contribution in [-0.2, 0) is 19.4 Å². The number of pyridine rings is 1. The summed E-state index contributed by atoms with van der Waals surface area (Å²) in [5.74, 6) is 11.6. The van der Waals surface area contributed by atoms with E-state index in [1.54, 1.807) is 12.1 Å². The minimum absolute atomic E-state index is 0.255. The first-order chi connectivity index (χ1) is 11.6. The van der Waals surface area contributed by atoms with Gasteiger partial charge in [-0.25, -0.2) is 26.5 Å². The lowest BCUT2D eigenvalue weighted by molar-refractivity contribution is 0.246. The highest BCUT2D eigenvalue weighted by molar-refractivity contribution is 5.91. The van der Waals surface area contributed by atoms with Gasteiger partial charge >= 0.3 is 6.03 Å². The third kappa shape index (κ3) is 4.01. The molecule has 1 aromatic heterocycles. The van der Waals surface area contributed by atoms with E-state index in [1.165, 1.54) is 0 Å². The molecule has 0 aliphatic carbocycles. The number of urea groups is 1. The molecule has 24 heavy (non-hydrogen) atoms. The summed E-state index contributed by atoms with van der Waals surface area (Å²) in [7, 11) is 0. The van der Waals surface area contributed by atoms with Gasteiger partial charge in [0.2, 0.25) is 5.88 Å². The van der Waals surface area contributed by atoms with Gasteiger partial charge < -0.3 is 4.74 Å². The molecule has 0 radical (unpaired) electrons. The fourth-order valence-corrected chi connectivity index (χ4v) is 2.40. The molecule has 7 nitrogen and oxygen atoms in total. The van der Waals surface area contributed by atoms with Gasteiger partial charge in [-0.05, 0) is 30.5 Å². The molecular weight excluding hydrogens is 306 g/mol. The Hall–Kier alpha value is -2.64. The Labute approximate surface area is 141 Å². The molecule has 2 amide bonds. The van der Waals surface area contributed by atoms with Gasteiger partial charge in [0, 0.05) is 17.3 Å². The summed E-state index contributed by atoms with van der Waals surface area (Å²) >= 11 is 0. The molecule has 128 valence electrons. The van der Waals surface area contributed by atoms with E-state index in [2.05, 4.69) is 4.98 Å². The lowest BCUT2D eigenvalue weighted by Crippen LogP contribution is -2.48. The van der Waals surface area contributed by atoms with Crippen LogP contribution in [0.15, 0.2) is 36.4 Å². The second kappa shape index (κ2) is 8.28. The predicted octanol–water partition coefficient (Wildman–Crippen LogP) is 2.05. The van der Waals surface area contributed by atoms with Crippen LogP contribution >= 0.6 is 0 Å². The van der Waals surface area contributed by atoms with Gasteiger partial charge in [0.1, 0.15) is 6.61 Å². The molecule has 0 saturated carbocycles. The van der Waals surface area contributed by atoms with E-state index in [0.717, 1.165) is 34.7 Å². The van der Waals surface area contributed by atoms with Crippen molar-refractivity contribution in [1.82, 2.24) is 10.4 Å². The summed E-state index contributed by atoms with van der Waals surface area (Å²) in [5.41, 5.74) is 5.40. The number of hydrogen-bond donors (Lipinski definition) is 3. The summed E-state index contributed by atoms with van der Waals surface area (Å²) in [6.07, 6.45) is 1.62. The van der Waals surface area contributed by atoms with Crippen molar-refractivity contribution in [2.75, 3.05) is 5.01 Å². The lowest BCUT2D eigenvalue weighted by Gasteiger charge is -2.21. The third-order valence-corrected chi connectivity index (χ3v) is 3.74.